The number of ether oxygens (including phenoxy) is 1. The first kappa shape index (κ1) is 13.5. The van der Waals surface area contributed by atoms with Crippen molar-refractivity contribution >= 4 is 5.97 Å². The summed E-state index contributed by atoms with van der Waals surface area (Å²) in [5, 5.41) is 18.8. The fourth-order valence-corrected chi connectivity index (χ4v) is 1.24. The number of esters is 1. The van der Waals surface area contributed by atoms with E-state index in [0.717, 1.165) is 5.56 Å². The van der Waals surface area contributed by atoms with Gasteiger partial charge in [0.15, 0.2) is 0 Å². The van der Waals surface area contributed by atoms with Crippen LogP contribution in [0.5, 0.6) is 5.75 Å². The highest BCUT2D eigenvalue weighted by Crippen LogP contribution is 2.15. The SMILES string of the molecule is CCC(C)(O)CC(=O)OCc1ccc(O)cc1. The predicted octanol–water partition coefficient (Wildman–Crippen LogP) is 1.99. The fourth-order valence-electron chi connectivity index (χ4n) is 1.24. The Morgan fingerprint density at radius 2 is 1.94 bits per heavy atom. The van der Waals surface area contributed by atoms with E-state index in [1.807, 2.05) is 6.92 Å². The number of aromatic hydroxyl groups is 1. The molecule has 4 heteroatoms. The molecule has 0 saturated carbocycles. The summed E-state index contributed by atoms with van der Waals surface area (Å²) in [5.41, 5.74) is -0.209. The molecule has 0 fully saturated rings. The van der Waals surface area contributed by atoms with Crippen LogP contribution in [0, 0.1) is 0 Å². The van der Waals surface area contributed by atoms with Crippen LogP contribution in [0.15, 0.2) is 24.3 Å². The number of benzene rings is 1. The third kappa shape index (κ3) is 4.87. The average molecular weight is 238 g/mol. The van der Waals surface area contributed by atoms with Crippen LogP contribution in [0.3, 0.4) is 0 Å². The van der Waals surface area contributed by atoms with E-state index in [2.05, 4.69) is 0 Å². The van der Waals surface area contributed by atoms with Crippen LogP contribution in [-0.2, 0) is 16.1 Å². The summed E-state index contributed by atoms with van der Waals surface area (Å²) >= 11 is 0. The van der Waals surface area contributed by atoms with E-state index < -0.39 is 11.6 Å². The number of rotatable bonds is 5. The normalized spacial score (nSPS) is 14.1. The Bertz CT molecular complexity index is 368. The van der Waals surface area contributed by atoms with Gasteiger partial charge in [-0.3, -0.25) is 4.79 Å². The highest BCUT2D eigenvalue weighted by molar-refractivity contribution is 5.70. The second-order valence-electron chi connectivity index (χ2n) is 4.35. The number of carbonyl (C=O) groups is 1. The highest BCUT2D eigenvalue weighted by atomic mass is 16.5. The molecular formula is C13H18O4. The highest BCUT2D eigenvalue weighted by Gasteiger charge is 2.22. The standard InChI is InChI=1S/C13H18O4/c1-3-13(2,16)8-12(15)17-9-10-4-6-11(14)7-5-10/h4-7,14,16H,3,8-9H2,1-2H3. The summed E-state index contributed by atoms with van der Waals surface area (Å²) in [4.78, 5) is 11.4. The monoisotopic (exact) mass is 238 g/mol. The molecule has 0 aromatic heterocycles. The molecule has 0 spiro atoms. The third-order valence-corrected chi connectivity index (χ3v) is 2.62. The van der Waals surface area contributed by atoms with Crippen LogP contribution in [-0.4, -0.2) is 21.8 Å². The maximum absolute atomic E-state index is 11.4. The van der Waals surface area contributed by atoms with E-state index in [1.165, 1.54) is 12.1 Å². The minimum absolute atomic E-state index is 0.0123. The van der Waals surface area contributed by atoms with Crippen molar-refractivity contribution in [2.75, 3.05) is 0 Å². The number of aliphatic hydroxyl groups is 1. The van der Waals surface area contributed by atoms with Crippen molar-refractivity contribution in [2.24, 2.45) is 0 Å². The van der Waals surface area contributed by atoms with Gasteiger partial charge < -0.3 is 14.9 Å². The van der Waals surface area contributed by atoms with Crippen molar-refractivity contribution in [2.45, 2.75) is 38.9 Å². The Morgan fingerprint density at radius 3 is 2.47 bits per heavy atom. The zero-order valence-corrected chi connectivity index (χ0v) is 10.1. The van der Waals surface area contributed by atoms with Crippen molar-refractivity contribution in [1.82, 2.24) is 0 Å². The van der Waals surface area contributed by atoms with E-state index in [-0.39, 0.29) is 18.8 Å². The summed E-state index contributed by atoms with van der Waals surface area (Å²) in [6, 6.07) is 6.43. The minimum atomic E-state index is -1.01. The summed E-state index contributed by atoms with van der Waals surface area (Å²) < 4.78 is 5.03. The molecule has 0 heterocycles. The van der Waals surface area contributed by atoms with Gasteiger partial charge in [0.1, 0.15) is 12.4 Å². The van der Waals surface area contributed by atoms with Gasteiger partial charge in [0.2, 0.25) is 0 Å². The maximum atomic E-state index is 11.4. The quantitative estimate of drug-likeness (QED) is 0.770. The van der Waals surface area contributed by atoms with E-state index in [4.69, 9.17) is 9.84 Å². The molecule has 0 aliphatic carbocycles. The lowest BCUT2D eigenvalue weighted by atomic mass is 10.00. The number of carbonyl (C=O) groups excluding carboxylic acids is 1. The van der Waals surface area contributed by atoms with Crippen LogP contribution in [0.25, 0.3) is 0 Å². The van der Waals surface area contributed by atoms with Gasteiger partial charge in [0.05, 0.1) is 12.0 Å². The van der Waals surface area contributed by atoms with Crippen LogP contribution in [0.2, 0.25) is 0 Å². The number of phenolic OH excluding ortho intramolecular Hbond substituents is 1. The van der Waals surface area contributed by atoms with Crippen molar-refractivity contribution in [3.8, 4) is 5.75 Å². The van der Waals surface area contributed by atoms with Crippen LogP contribution in [0.1, 0.15) is 32.3 Å². The van der Waals surface area contributed by atoms with Crippen molar-refractivity contribution in [1.29, 1.82) is 0 Å². The van der Waals surface area contributed by atoms with Gasteiger partial charge in [0.25, 0.3) is 0 Å². The summed E-state index contributed by atoms with van der Waals surface area (Å²) in [5.74, 6) is -0.251. The number of hydrogen-bond acceptors (Lipinski definition) is 4. The van der Waals surface area contributed by atoms with Crippen molar-refractivity contribution in [3.63, 3.8) is 0 Å². The molecule has 0 saturated heterocycles. The van der Waals surface area contributed by atoms with Crippen molar-refractivity contribution in [3.05, 3.63) is 29.8 Å². The van der Waals surface area contributed by atoms with Gasteiger partial charge in [-0.25, -0.2) is 0 Å². The first-order valence-corrected chi connectivity index (χ1v) is 5.59. The second-order valence-corrected chi connectivity index (χ2v) is 4.35. The average Bonchev–Trinajstić information content (AvgIpc) is 2.28. The lowest BCUT2D eigenvalue weighted by molar-refractivity contribution is -0.150. The van der Waals surface area contributed by atoms with Gasteiger partial charge in [-0.2, -0.15) is 0 Å². The Kier molecular flexibility index (Phi) is 4.52. The molecule has 1 aromatic rings. The molecule has 1 unspecified atom stereocenters. The first-order chi connectivity index (χ1) is 7.93. The van der Waals surface area contributed by atoms with Crippen LogP contribution in [0.4, 0.5) is 0 Å². The molecule has 0 amide bonds. The van der Waals surface area contributed by atoms with E-state index in [0.29, 0.717) is 6.42 Å². The molecule has 0 radical (unpaired) electrons. The van der Waals surface area contributed by atoms with Crippen molar-refractivity contribution < 1.29 is 19.7 Å². The Labute approximate surface area is 101 Å². The predicted molar refractivity (Wildman–Crippen MR) is 63.4 cm³/mol. The largest absolute Gasteiger partial charge is 0.508 e. The number of phenols is 1. The second kappa shape index (κ2) is 5.68. The molecule has 0 aliphatic heterocycles. The lowest BCUT2D eigenvalue weighted by Crippen LogP contribution is -2.27. The molecule has 0 aliphatic rings. The third-order valence-electron chi connectivity index (χ3n) is 2.62. The van der Waals surface area contributed by atoms with E-state index in [1.54, 1.807) is 19.1 Å². The molecule has 17 heavy (non-hydrogen) atoms. The summed E-state index contributed by atoms with van der Waals surface area (Å²) in [6.45, 7) is 3.57. The summed E-state index contributed by atoms with van der Waals surface area (Å²) in [6.07, 6.45) is 0.489. The Balaban J connectivity index is 2.41. The molecular weight excluding hydrogens is 220 g/mol. The molecule has 0 bridgehead atoms. The molecule has 94 valence electrons. The molecule has 1 atom stereocenters. The zero-order chi connectivity index (χ0) is 12.9. The topological polar surface area (TPSA) is 66.8 Å². The van der Waals surface area contributed by atoms with Gasteiger partial charge in [-0.1, -0.05) is 19.1 Å². The Hall–Kier alpha value is -1.55. The summed E-state index contributed by atoms with van der Waals surface area (Å²) in [7, 11) is 0. The van der Waals surface area contributed by atoms with Gasteiger partial charge in [-0.05, 0) is 31.0 Å². The molecule has 1 aromatic carbocycles. The van der Waals surface area contributed by atoms with E-state index in [9.17, 15) is 9.90 Å². The first-order valence-electron chi connectivity index (χ1n) is 5.59. The zero-order valence-electron chi connectivity index (χ0n) is 10.1. The van der Waals surface area contributed by atoms with Crippen LogP contribution < -0.4 is 0 Å². The van der Waals surface area contributed by atoms with Gasteiger partial charge in [-0.15, -0.1) is 0 Å². The fraction of sp³-hybridized carbons (Fsp3) is 0.462. The number of hydrogen-bond donors (Lipinski definition) is 2. The molecule has 1 rings (SSSR count). The smallest absolute Gasteiger partial charge is 0.309 e. The Morgan fingerprint density at radius 1 is 1.35 bits per heavy atom. The molecule has 4 nitrogen and oxygen atoms in total. The minimum Gasteiger partial charge on any atom is -0.508 e. The van der Waals surface area contributed by atoms with E-state index >= 15 is 0 Å². The lowest BCUT2D eigenvalue weighted by Gasteiger charge is -2.19. The van der Waals surface area contributed by atoms with Crippen LogP contribution >= 0.6 is 0 Å². The van der Waals surface area contributed by atoms with Gasteiger partial charge in [0, 0.05) is 0 Å². The molecule has 2 N–H and O–H groups in total. The van der Waals surface area contributed by atoms with Gasteiger partial charge >= 0.3 is 5.97 Å². The maximum Gasteiger partial charge on any atom is 0.309 e.